The third-order valence-electron chi connectivity index (χ3n) is 3.15. The molecule has 0 aliphatic heterocycles. The van der Waals surface area contributed by atoms with Gasteiger partial charge in [0.05, 0.1) is 0 Å². The molecule has 0 aromatic carbocycles. The van der Waals surface area contributed by atoms with Crippen LogP contribution in [0, 0.1) is 5.92 Å². The molecule has 1 aliphatic carbocycles. The van der Waals surface area contributed by atoms with Gasteiger partial charge in [-0.1, -0.05) is 26.2 Å². The van der Waals surface area contributed by atoms with E-state index < -0.39 is 0 Å². The highest BCUT2D eigenvalue weighted by molar-refractivity contribution is 6.18. The van der Waals surface area contributed by atoms with E-state index in [0.29, 0.717) is 17.7 Å². The van der Waals surface area contributed by atoms with E-state index in [2.05, 4.69) is 6.92 Å². The number of unbranched alkanes of at least 4 members (excludes halogenated alkanes) is 1. The van der Waals surface area contributed by atoms with Crippen molar-refractivity contribution in [3.8, 4) is 0 Å². The van der Waals surface area contributed by atoms with Gasteiger partial charge in [0.1, 0.15) is 0 Å². The molecule has 1 amide bonds. The second-order valence-electron chi connectivity index (χ2n) is 4.35. The maximum atomic E-state index is 12.1. The van der Waals surface area contributed by atoms with Gasteiger partial charge >= 0.3 is 0 Å². The summed E-state index contributed by atoms with van der Waals surface area (Å²) in [5.41, 5.74) is 0. The second kappa shape index (κ2) is 7.10. The Morgan fingerprint density at radius 1 is 1.33 bits per heavy atom. The molecule has 0 N–H and O–H groups in total. The van der Waals surface area contributed by atoms with Crippen LogP contribution in [0.2, 0.25) is 0 Å². The Kier molecular flexibility index (Phi) is 6.07. The lowest BCUT2D eigenvalue weighted by atomic mass is 10.1. The summed E-state index contributed by atoms with van der Waals surface area (Å²) in [7, 11) is 0. The van der Waals surface area contributed by atoms with Gasteiger partial charge in [-0.05, 0) is 19.3 Å². The van der Waals surface area contributed by atoms with Gasteiger partial charge in [0.2, 0.25) is 5.91 Å². The number of hydrogen-bond donors (Lipinski definition) is 0. The number of hydrogen-bond acceptors (Lipinski definition) is 1. The van der Waals surface area contributed by atoms with Crippen LogP contribution in [-0.2, 0) is 4.79 Å². The molecule has 1 saturated carbocycles. The highest BCUT2D eigenvalue weighted by Gasteiger charge is 2.26. The Labute approximate surface area is 98.0 Å². The minimum absolute atomic E-state index is 0.296. The largest absolute Gasteiger partial charge is 0.341 e. The zero-order valence-corrected chi connectivity index (χ0v) is 10.4. The van der Waals surface area contributed by atoms with Gasteiger partial charge in [0, 0.05) is 24.9 Å². The molecule has 0 aromatic rings. The van der Waals surface area contributed by atoms with Crippen molar-refractivity contribution in [2.45, 2.75) is 45.4 Å². The second-order valence-corrected chi connectivity index (χ2v) is 4.73. The van der Waals surface area contributed by atoms with Crippen molar-refractivity contribution in [2.24, 2.45) is 5.92 Å². The monoisotopic (exact) mass is 231 g/mol. The number of rotatable bonds is 6. The van der Waals surface area contributed by atoms with Crippen LogP contribution in [0.1, 0.15) is 45.4 Å². The number of halogens is 1. The number of alkyl halides is 1. The summed E-state index contributed by atoms with van der Waals surface area (Å²) >= 11 is 5.73. The third kappa shape index (κ3) is 4.02. The number of amides is 1. The average Bonchev–Trinajstić information content (AvgIpc) is 2.76. The van der Waals surface area contributed by atoms with Crippen LogP contribution < -0.4 is 0 Å². The van der Waals surface area contributed by atoms with E-state index in [1.807, 2.05) is 4.90 Å². The minimum atomic E-state index is 0.296. The highest BCUT2D eigenvalue weighted by Crippen LogP contribution is 2.26. The van der Waals surface area contributed by atoms with Gasteiger partial charge in [-0.15, -0.1) is 11.6 Å². The molecule has 0 radical (unpaired) electrons. The molecule has 1 aliphatic rings. The molecule has 0 atom stereocenters. The zero-order chi connectivity index (χ0) is 11.1. The fourth-order valence-corrected chi connectivity index (χ4v) is 2.42. The molecule has 0 heterocycles. The first-order valence-electron chi connectivity index (χ1n) is 6.14. The van der Waals surface area contributed by atoms with Crippen molar-refractivity contribution in [2.75, 3.05) is 19.0 Å². The van der Waals surface area contributed by atoms with E-state index in [1.165, 1.54) is 12.8 Å². The Bertz CT molecular complexity index is 190. The topological polar surface area (TPSA) is 20.3 Å². The van der Waals surface area contributed by atoms with E-state index in [1.54, 1.807) is 0 Å². The number of carbonyl (C=O) groups excluding carboxylic acids is 1. The predicted octanol–water partition coefficient (Wildman–Crippen LogP) is 3.04. The third-order valence-corrected chi connectivity index (χ3v) is 3.32. The van der Waals surface area contributed by atoms with Crippen LogP contribution in [-0.4, -0.2) is 29.8 Å². The van der Waals surface area contributed by atoms with E-state index in [4.69, 9.17) is 11.6 Å². The SMILES string of the molecule is CCCCN(CCCl)C(=O)C1CCCC1. The van der Waals surface area contributed by atoms with Gasteiger partial charge in [-0.3, -0.25) is 4.79 Å². The summed E-state index contributed by atoms with van der Waals surface area (Å²) in [5.74, 6) is 1.20. The van der Waals surface area contributed by atoms with Crippen LogP contribution in [0.3, 0.4) is 0 Å². The normalized spacial score (nSPS) is 16.9. The van der Waals surface area contributed by atoms with E-state index in [-0.39, 0.29) is 0 Å². The van der Waals surface area contributed by atoms with Crippen molar-refractivity contribution in [1.29, 1.82) is 0 Å². The van der Waals surface area contributed by atoms with Crippen molar-refractivity contribution in [3.63, 3.8) is 0 Å². The molecule has 0 bridgehead atoms. The van der Waals surface area contributed by atoms with Crippen molar-refractivity contribution in [3.05, 3.63) is 0 Å². The van der Waals surface area contributed by atoms with Gasteiger partial charge in [0.25, 0.3) is 0 Å². The smallest absolute Gasteiger partial charge is 0.225 e. The number of carbonyl (C=O) groups is 1. The average molecular weight is 232 g/mol. The molecule has 0 spiro atoms. The van der Waals surface area contributed by atoms with Gasteiger partial charge in [-0.2, -0.15) is 0 Å². The fraction of sp³-hybridized carbons (Fsp3) is 0.917. The van der Waals surface area contributed by atoms with Crippen LogP contribution in [0.25, 0.3) is 0 Å². The summed E-state index contributed by atoms with van der Waals surface area (Å²) in [4.78, 5) is 14.1. The lowest BCUT2D eigenvalue weighted by molar-refractivity contribution is -0.135. The maximum absolute atomic E-state index is 12.1. The molecular weight excluding hydrogens is 210 g/mol. The minimum Gasteiger partial charge on any atom is -0.341 e. The summed E-state index contributed by atoms with van der Waals surface area (Å²) in [6.07, 6.45) is 6.84. The maximum Gasteiger partial charge on any atom is 0.225 e. The van der Waals surface area contributed by atoms with Crippen LogP contribution in [0.15, 0.2) is 0 Å². The van der Waals surface area contributed by atoms with Crippen molar-refractivity contribution >= 4 is 17.5 Å². The highest BCUT2D eigenvalue weighted by atomic mass is 35.5. The van der Waals surface area contributed by atoms with E-state index in [9.17, 15) is 4.79 Å². The standard InChI is InChI=1S/C12H22ClNO/c1-2-3-9-14(10-8-13)12(15)11-6-4-5-7-11/h11H,2-10H2,1H3. The van der Waals surface area contributed by atoms with Crippen LogP contribution >= 0.6 is 11.6 Å². The first-order chi connectivity index (χ1) is 7.29. The lowest BCUT2D eigenvalue weighted by Crippen LogP contribution is -2.37. The molecule has 2 nitrogen and oxygen atoms in total. The van der Waals surface area contributed by atoms with E-state index in [0.717, 1.165) is 38.8 Å². The molecule has 1 fully saturated rings. The molecular formula is C12H22ClNO. The Morgan fingerprint density at radius 3 is 2.53 bits per heavy atom. The zero-order valence-electron chi connectivity index (χ0n) is 9.67. The summed E-state index contributed by atoms with van der Waals surface area (Å²) in [6, 6.07) is 0. The molecule has 0 aromatic heterocycles. The summed E-state index contributed by atoms with van der Waals surface area (Å²) in [6.45, 7) is 3.76. The van der Waals surface area contributed by atoms with Gasteiger partial charge < -0.3 is 4.90 Å². The predicted molar refractivity (Wildman–Crippen MR) is 64.2 cm³/mol. The quantitative estimate of drug-likeness (QED) is 0.644. The van der Waals surface area contributed by atoms with Crippen LogP contribution in [0.4, 0.5) is 0 Å². The Balaban J connectivity index is 2.41. The fourth-order valence-electron chi connectivity index (χ4n) is 2.21. The first-order valence-corrected chi connectivity index (χ1v) is 6.67. The van der Waals surface area contributed by atoms with Gasteiger partial charge in [-0.25, -0.2) is 0 Å². The molecule has 0 unspecified atom stereocenters. The van der Waals surface area contributed by atoms with Gasteiger partial charge in [0.15, 0.2) is 0 Å². The van der Waals surface area contributed by atoms with E-state index >= 15 is 0 Å². The number of nitrogens with zero attached hydrogens (tertiary/aromatic N) is 1. The molecule has 15 heavy (non-hydrogen) atoms. The summed E-state index contributed by atoms with van der Waals surface area (Å²) in [5, 5.41) is 0. The molecule has 3 heteroatoms. The van der Waals surface area contributed by atoms with Crippen molar-refractivity contribution in [1.82, 2.24) is 4.90 Å². The van der Waals surface area contributed by atoms with Crippen molar-refractivity contribution < 1.29 is 4.79 Å². The van der Waals surface area contributed by atoms with Crippen LogP contribution in [0.5, 0.6) is 0 Å². The lowest BCUT2D eigenvalue weighted by Gasteiger charge is -2.24. The molecule has 0 saturated heterocycles. The Hall–Kier alpha value is -0.240. The molecule has 1 rings (SSSR count). The summed E-state index contributed by atoms with van der Waals surface area (Å²) < 4.78 is 0. The first kappa shape index (κ1) is 12.8. The Morgan fingerprint density at radius 2 is 2.00 bits per heavy atom. The molecule has 88 valence electrons.